The van der Waals surface area contributed by atoms with Crippen LogP contribution in [0.25, 0.3) is 0 Å². The van der Waals surface area contributed by atoms with Crippen LogP contribution in [0.5, 0.6) is 0 Å². The summed E-state index contributed by atoms with van der Waals surface area (Å²) in [4.78, 5) is 28.7. The molecule has 0 radical (unpaired) electrons. The van der Waals surface area contributed by atoms with Crippen LogP contribution in [0, 0.1) is 25.6 Å². The fourth-order valence-electron chi connectivity index (χ4n) is 4.35. The van der Waals surface area contributed by atoms with Gasteiger partial charge in [-0.3, -0.25) is 13.9 Å². The summed E-state index contributed by atoms with van der Waals surface area (Å²) >= 11 is 6.37. The molecule has 0 saturated heterocycles. The summed E-state index contributed by atoms with van der Waals surface area (Å²) in [5.41, 5.74) is 2.23. The van der Waals surface area contributed by atoms with E-state index in [1.165, 1.54) is 41.3 Å². The van der Waals surface area contributed by atoms with Crippen LogP contribution in [0.4, 0.5) is 10.1 Å². The topological polar surface area (TPSA) is 86.8 Å². The molecule has 1 unspecified atom stereocenters. The summed E-state index contributed by atoms with van der Waals surface area (Å²) in [6, 6.07) is 16.0. The Labute approximate surface area is 247 Å². The van der Waals surface area contributed by atoms with Gasteiger partial charge in [0.05, 0.1) is 10.6 Å². The van der Waals surface area contributed by atoms with E-state index in [1.54, 1.807) is 44.2 Å². The molecule has 2 amide bonds. The lowest BCUT2D eigenvalue weighted by molar-refractivity contribution is -0.140. The second-order valence-electron chi connectivity index (χ2n) is 10.4. The van der Waals surface area contributed by atoms with Crippen LogP contribution in [0.2, 0.25) is 5.02 Å². The molecule has 220 valence electrons. The summed E-state index contributed by atoms with van der Waals surface area (Å²) in [7, 11) is -4.21. The minimum atomic E-state index is -4.21. The highest BCUT2D eigenvalue weighted by Gasteiger charge is 2.34. The molecule has 1 atom stereocenters. The van der Waals surface area contributed by atoms with E-state index >= 15 is 0 Å². The second-order valence-corrected chi connectivity index (χ2v) is 12.7. The average Bonchev–Trinajstić information content (AvgIpc) is 2.93. The van der Waals surface area contributed by atoms with E-state index in [0.29, 0.717) is 22.7 Å². The Balaban J connectivity index is 2.08. The molecule has 0 heterocycles. The molecule has 1 N–H and O–H groups in total. The van der Waals surface area contributed by atoms with Crippen LogP contribution in [0.3, 0.4) is 0 Å². The van der Waals surface area contributed by atoms with E-state index in [4.69, 9.17) is 11.6 Å². The molecular formula is C31H37ClFN3O4S. The number of benzene rings is 3. The first-order valence-electron chi connectivity index (χ1n) is 13.5. The fourth-order valence-corrected chi connectivity index (χ4v) is 5.99. The minimum absolute atomic E-state index is 0.0142. The largest absolute Gasteiger partial charge is 0.354 e. The lowest BCUT2D eigenvalue weighted by Crippen LogP contribution is -2.52. The number of aryl methyl sites for hydroxylation is 1. The zero-order chi connectivity index (χ0) is 30.3. The summed E-state index contributed by atoms with van der Waals surface area (Å²) in [5.74, 6) is -1.17. The van der Waals surface area contributed by atoms with Gasteiger partial charge in [-0.15, -0.1) is 0 Å². The first-order valence-corrected chi connectivity index (χ1v) is 15.3. The Morgan fingerprint density at radius 1 is 0.976 bits per heavy atom. The van der Waals surface area contributed by atoms with Crippen molar-refractivity contribution in [2.45, 2.75) is 58.5 Å². The van der Waals surface area contributed by atoms with Crippen LogP contribution in [0.15, 0.2) is 71.6 Å². The maximum absolute atomic E-state index is 14.1. The van der Waals surface area contributed by atoms with Crippen molar-refractivity contribution in [3.05, 3.63) is 94.3 Å². The smallest absolute Gasteiger partial charge is 0.264 e. The predicted octanol–water partition coefficient (Wildman–Crippen LogP) is 5.87. The molecule has 0 aliphatic rings. The summed E-state index contributed by atoms with van der Waals surface area (Å²) in [5, 5.41) is 3.23. The van der Waals surface area contributed by atoms with Gasteiger partial charge in [0, 0.05) is 18.1 Å². The van der Waals surface area contributed by atoms with Crippen molar-refractivity contribution in [3.8, 4) is 0 Å². The van der Waals surface area contributed by atoms with Gasteiger partial charge in [0.1, 0.15) is 18.4 Å². The van der Waals surface area contributed by atoms with Crippen molar-refractivity contribution >= 4 is 39.1 Å². The van der Waals surface area contributed by atoms with E-state index < -0.39 is 34.3 Å². The molecule has 3 rings (SSSR count). The lowest BCUT2D eigenvalue weighted by atomic mass is 10.1. The maximum Gasteiger partial charge on any atom is 0.264 e. The quantitative estimate of drug-likeness (QED) is 0.281. The fraction of sp³-hybridized carbons (Fsp3) is 0.355. The molecule has 3 aromatic rings. The Hall–Kier alpha value is -3.43. The predicted molar refractivity (Wildman–Crippen MR) is 161 cm³/mol. The number of nitrogens with zero attached hydrogens (tertiary/aromatic N) is 2. The standard InChI is InChI=1S/C31H37ClFN3O4S/c1-6-28(31(38)34-18-21(2)3)35(19-24-12-14-25(33)15-13-24)30(37)20-36(29-9-7-8-27(32)23(29)5)41(39,40)26-16-10-22(4)11-17-26/h7-17,21,28H,6,18-20H2,1-5H3,(H,34,38). The van der Waals surface area contributed by atoms with Crippen LogP contribution in [-0.4, -0.2) is 44.3 Å². The zero-order valence-electron chi connectivity index (χ0n) is 24.0. The average molecular weight is 602 g/mol. The molecule has 0 saturated carbocycles. The molecule has 7 nitrogen and oxygen atoms in total. The molecular weight excluding hydrogens is 565 g/mol. The van der Waals surface area contributed by atoms with Crippen LogP contribution in [0.1, 0.15) is 43.9 Å². The summed E-state index contributed by atoms with van der Waals surface area (Å²) in [6.07, 6.45) is 0.289. The maximum atomic E-state index is 14.1. The van der Waals surface area contributed by atoms with Crippen LogP contribution < -0.4 is 9.62 Å². The van der Waals surface area contributed by atoms with Gasteiger partial charge in [0.2, 0.25) is 11.8 Å². The number of carbonyl (C=O) groups excluding carboxylic acids is 2. The van der Waals surface area contributed by atoms with E-state index in [0.717, 1.165) is 9.87 Å². The molecule has 10 heteroatoms. The van der Waals surface area contributed by atoms with Crippen molar-refractivity contribution in [2.24, 2.45) is 5.92 Å². The number of carbonyl (C=O) groups is 2. The number of hydrogen-bond donors (Lipinski definition) is 1. The van der Waals surface area contributed by atoms with Gasteiger partial charge in [-0.05, 0) is 73.7 Å². The highest BCUT2D eigenvalue weighted by molar-refractivity contribution is 7.92. The first-order chi connectivity index (χ1) is 19.3. The third kappa shape index (κ3) is 8.07. The molecule has 0 spiro atoms. The number of amides is 2. The molecule has 0 fully saturated rings. The third-order valence-corrected chi connectivity index (χ3v) is 8.92. The van der Waals surface area contributed by atoms with Crippen molar-refractivity contribution in [1.82, 2.24) is 10.2 Å². The number of halogens is 2. The van der Waals surface area contributed by atoms with Gasteiger partial charge in [0.25, 0.3) is 10.0 Å². The van der Waals surface area contributed by atoms with Crippen molar-refractivity contribution in [1.29, 1.82) is 0 Å². The lowest BCUT2D eigenvalue weighted by Gasteiger charge is -2.33. The Morgan fingerprint density at radius 3 is 2.20 bits per heavy atom. The van der Waals surface area contributed by atoms with E-state index in [9.17, 15) is 22.4 Å². The molecule has 3 aromatic carbocycles. The third-order valence-electron chi connectivity index (χ3n) is 6.73. The van der Waals surface area contributed by atoms with Gasteiger partial charge < -0.3 is 10.2 Å². The number of hydrogen-bond acceptors (Lipinski definition) is 4. The van der Waals surface area contributed by atoms with Crippen molar-refractivity contribution < 1.29 is 22.4 Å². The van der Waals surface area contributed by atoms with E-state index in [1.807, 2.05) is 20.8 Å². The zero-order valence-corrected chi connectivity index (χ0v) is 25.6. The molecule has 0 aliphatic heterocycles. The Bertz CT molecular complexity index is 1460. The number of nitrogens with one attached hydrogen (secondary N) is 1. The number of sulfonamides is 1. The molecule has 41 heavy (non-hydrogen) atoms. The molecule has 0 bridgehead atoms. The van der Waals surface area contributed by atoms with Crippen LogP contribution >= 0.6 is 11.6 Å². The SMILES string of the molecule is CCC(C(=O)NCC(C)C)N(Cc1ccc(F)cc1)C(=O)CN(c1cccc(Cl)c1C)S(=O)(=O)c1ccc(C)cc1. The first kappa shape index (κ1) is 32.1. The number of anilines is 1. The van der Waals surface area contributed by atoms with Gasteiger partial charge >= 0.3 is 0 Å². The highest BCUT2D eigenvalue weighted by Crippen LogP contribution is 2.31. The van der Waals surface area contributed by atoms with E-state index in [-0.39, 0.29) is 35.4 Å². The second kappa shape index (κ2) is 14.0. The monoisotopic (exact) mass is 601 g/mol. The van der Waals surface area contributed by atoms with Gasteiger partial charge in [-0.25, -0.2) is 12.8 Å². The van der Waals surface area contributed by atoms with Gasteiger partial charge in [-0.1, -0.05) is 68.3 Å². The van der Waals surface area contributed by atoms with Gasteiger partial charge in [-0.2, -0.15) is 0 Å². The molecule has 0 aliphatic carbocycles. The Morgan fingerprint density at radius 2 is 1.61 bits per heavy atom. The van der Waals surface area contributed by atoms with Gasteiger partial charge in [0.15, 0.2) is 0 Å². The van der Waals surface area contributed by atoms with Crippen molar-refractivity contribution in [3.63, 3.8) is 0 Å². The van der Waals surface area contributed by atoms with Crippen molar-refractivity contribution in [2.75, 3.05) is 17.4 Å². The summed E-state index contributed by atoms with van der Waals surface area (Å²) < 4.78 is 42.7. The van der Waals surface area contributed by atoms with Crippen LogP contribution in [-0.2, 0) is 26.2 Å². The highest BCUT2D eigenvalue weighted by atomic mass is 35.5. The summed E-state index contributed by atoms with van der Waals surface area (Å²) in [6.45, 7) is 9.07. The normalized spacial score (nSPS) is 12.2. The molecule has 0 aromatic heterocycles. The minimum Gasteiger partial charge on any atom is -0.354 e. The Kier molecular flexibility index (Phi) is 10.9. The number of rotatable bonds is 12. The van der Waals surface area contributed by atoms with E-state index in [2.05, 4.69) is 5.32 Å².